The van der Waals surface area contributed by atoms with Crippen LogP contribution in [0.5, 0.6) is 0 Å². The molecule has 0 aromatic rings. The Balaban J connectivity index is 2.05. The maximum atomic E-state index is 12.0. The third kappa shape index (κ3) is 2.07. The summed E-state index contributed by atoms with van der Waals surface area (Å²) in [6, 6.07) is 0. The third-order valence-electron chi connectivity index (χ3n) is 3.45. The number of hydrogen-bond donors (Lipinski definition) is 1. The van der Waals surface area contributed by atoms with E-state index in [9.17, 15) is 9.90 Å². The summed E-state index contributed by atoms with van der Waals surface area (Å²) in [7, 11) is 0. The molecule has 84 valence electrons. The molecule has 0 unspecified atom stereocenters. The van der Waals surface area contributed by atoms with Gasteiger partial charge in [0.2, 0.25) is 5.78 Å². The lowest BCUT2D eigenvalue weighted by molar-refractivity contribution is -0.140. The summed E-state index contributed by atoms with van der Waals surface area (Å²) in [4.78, 5) is 12.0. The number of hydrogen-bond acceptors (Lipinski definition) is 3. The van der Waals surface area contributed by atoms with Crippen LogP contribution in [0.2, 0.25) is 0 Å². The second kappa shape index (κ2) is 3.97. The summed E-state index contributed by atoms with van der Waals surface area (Å²) in [6.07, 6.45) is 5.58. The van der Waals surface area contributed by atoms with E-state index in [1.54, 1.807) is 6.08 Å². The fourth-order valence-electron chi connectivity index (χ4n) is 2.27. The van der Waals surface area contributed by atoms with Crippen molar-refractivity contribution in [3.63, 3.8) is 0 Å². The van der Waals surface area contributed by atoms with Gasteiger partial charge >= 0.3 is 0 Å². The first-order valence-electron chi connectivity index (χ1n) is 5.72. The van der Waals surface area contributed by atoms with Crippen molar-refractivity contribution in [2.45, 2.75) is 44.6 Å². The molecule has 15 heavy (non-hydrogen) atoms. The molecule has 0 saturated heterocycles. The van der Waals surface area contributed by atoms with Crippen molar-refractivity contribution in [3.8, 4) is 0 Å². The van der Waals surface area contributed by atoms with Gasteiger partial charge < -0.3 is 9.84 Å². The lowest BCUT2D eigenvalue weighted by atomic mass is 9.77. The minimum atomic E-state index is -1.15. The Labute approximate surface area is 90.1 Å². The van der Waals surface area contributed by atoms with Crippen molar-refractivity contribution < 1.29 is 14.6 Å². The van der Waals surface area contributed by atoms with E-state index >= 15 is 0 Å². The van der Waals surface area contributed by atoms with E-state index in [0.717, 1.165) is 19.3 Å². The van der Waals surface area contributed by atoms with Gasteiger partial charge in [-0.25, -0.2) is 0 Å². The molecule has 1 fully saturated rings. The zero-order chi connectivity index (χ0) is 10.9. The Morgan fingerprint density at radius 2 is 2.20 bits per heavy atom. The monoisotopic (exact) mass is 210 g/mol. The van der Waals surface area contributed by atoms with Crippen LogP contribution in [0.4, 0.5) is 0 Å². The molecular weight excluding hydrogens is 192 g/mol. The first-order valence-corrected chi connectivity index (χ1v) is 5.72. The molecule has 2 rings (SSSR count). The summed E-state index contributed by atoms with van der Waals surface area (Å²) in [5, 5.41) is 10.2. The van der Waals surface area contributed by atoms with Crippen LogP contribution < -0.4 is 0 Å². The Bertz CT molecular complexity index is 285. The van der Waals surface area contributed by atoms with E-state index in [1.807, 2.05) is 0 Å². The Kier molecular flexibility index (Phi) is 2.83. The molecular formula is C12H18O3. The predicted octanol–water partition coefficient (Wildman–Crippen LogP) is 1.80. The molecule has 0 aromatic heterocycles. The van der Waals surface area contributed by atoms with Gasteiger partial charge in [0.05, 0.1) is 6.61 Å². The van der Waals surface area contributed by atoms with Crippen molar-refractivity contribution in [1.82, 2.24) is 0 Å². The van der Waals surface area contributed by atoms with Gasteiger partial charge in [-0.2, -0.15) is 0 Å². The molecule has 0 radical (unpaired) electrons. The van der Waals surface area contributed by atoms with Crippen molar-refractivity contribution in [2.24, 2.45) is 5.92 Å². The predicted molar refractivity (Wildman–Crippen MR) is 56.2 cm³/mol. The highest BCUT2D eigenvalue weighted by molar-refractivity contribution is 6.00. The zero-order valence-corrected chi connectivity index (χ0v) is 9.16. The fraction of sp³-hybridized carbons (Fsp3) is 0.750. The second-order valence-electron chi connectivity index (χ2n) is 4.75. The van der Waals surface area contributed by atoms with E-state index in [-0.39, 0.29) is 5.78 Å². The topological polar surface area (TPSA) is 46.5 Å². The van der Waals surface area contributed by atoms with Crippen molar-refractivity contribution in [1.29, 1.82) is 0 Å². The first-order chi connectivity index (χ1) is 7.12. The largest absolute Gasteiger partial charge is 0.490 e. The van der Waals surface area contributed by atoms with Crippen LogP contribution in [0, 0.1) is 5.92 Å². The number of ether oxygens (including phenoxy) is 1. The van der Waals surface area contributed by atoms with Crippen LogP contribution in [0.25, 0.3) is 0 Å². The number of Topliss-reactive ketones (excluding diaryl/α,β-unsaturated/α-hetero) is 1. The summed E-state index contributed by atoms with van der Waals surface area (Å²) < 4.78 is 5.21. The van der Waals surface area contributed by atoms with Crippen molar-refractivity contribution >= 4 is 5.78 Å². The van der Waals surface area contributed by atoms with Crippen LogP contribution in [-0.4, -0.2) is 23.1 Å². The van der Waals surface area contributed by atoms with Crippen LogP contribution in [0.3, 0.4) is 0 Å². The van der Waals surface area contributed by atoms with Crippen molar-refractivity contribution in [2.75, 3.05) is 6.61 Å². The number of rotatable bonds is 2. The van der Waals surface area contributed by atoms with Gasteiger partial charge in [0.25, 0.3) is 0 Å². The smallest absolute Gasteiger partial charge is 0.228 e. The summed E-state index contributed by atoms with van der Waals surface area (Å²) in [5.74, 6) is 0.801. The van der Waals surface area contributed by atoms with Gasteiger partial charge in [-0.05, 0) is 37.7 Å². The molecule has 3 nitrogen and oxygen atoms in total. The highest BCUT2D eigenvalue weighted by atomic mass is 16.5. The van der Waals surface area contributed by atoms with E-state index in [0.29, 0.717) is 31.1 Å². The average Bonchev–Trinajstić information content (AvgIpc) is 2.75. The highest BCUT2D eigenvalue weighted by Crippen LogP contribution is 2.34. The summed E-state index contributed by atoms with van der Waals surface area (Å²) in [5.41, 5.74) is -1.15. The maximum Gasteiger partial charge on any atom is 0.228 e. The van der Waals surface area contributed by atoms with Crippen LogP contribution >= 0.6 is 0 Å². The molecule has 1 heterocycles. The molecule has 1 N–H and O–H groups in total. The summed E-state index contributed by atoms with van der Waals surface area (Å²) >= 11 is 0. The van der Waals surface area contributed by atoms with Gasteiger partial charge in [-0.15, -0.1) is 0 Å². The van der Waals surface area contributed by atoms with Gasteiger partial charge in [0.15, 0.2) is 5.76 Å². The van der Waals surface area contributed by atoms with Crippen molar-refractivity contribution in [3.05, 3.63) is 11.8 Å². The van der Waals surface area contributed by atoms with Gasteiger partial charge in [0, 0.05) is 6.42 Å². The Morgan fingerprint density at radius 1 is 1.53 bits per heavy atom. The number of carbonyl (C=O) groups is 1. The molecule has 3 heteroatoms. The number of ketones is 1. The molecule has 1 aliphatic heterocycles. The summed E-state index contributed by atoms with van der Waals surface area (Å²) in [6.45, 7) is 2.74. The Morgan fingerprint density at radius 3 is 2.73 bits per heavy atom. The molecule has 0 atom stereocenters. The van der Waals surface area contributed by atoms with Gasteiger partial charge in [-0.3, -0.25) is 4.79 Å². The molecule has 0 spiro atoms. The third-order valence-corrected chi connectivity index (χ3v) is 3.45. The van der Waals surface area contributed by atoms with E-state index < -0.39 is 5.60 Å². The van der Waals surface area contributed by atoms with E-state index in [4.69, 9.17) is 4.74 Å². The highest BCUT2D eigenvalue weighted by Gasteiger charge is 2.41. The normalized spacial score (nSPS) is 35.9. The standard InChI is InChI=1S/C12H18O3/c1-9-4-6-12(14,7-5-9)11(13)10-3-2-8-15-10/h3,9,14H,2,4-8H2,1H3. The van der Waals surface area contributed by atoms with Gasteiger partial charge in [0.1, 0.15) is 5.60 Å². The lowest BCUT2D eigenvalue weighted by Crippen LogP contribution is -2.42. The fourth-order valence-corrected chi connectivity index (χ4v) is 2.27. The quantitative estimate of drug-likeness (QED) is 0.756. The SMILES string of the molecule is CC1CCC(O)(C(=O)C2=CCCO2)CC1. The first kappa shape index (κ1) is 10.7. The maximum absolute atomic E-state index is 12.0. The minimum Gasteiger partial charge on any atom is -0.490 e. The van der Waals surface area contributed by atoms with Gasteiger partial charge in [-0.1, -0.05) is 6.92 Å². The van der Waals surface area contributed by atoms with E-state index in [1.165, 1.54) is 0 Å². The number of aliphatic hydroxyl groups is 1. The molecule has 0 amide bonds. The lowest BCUT2D eigenvalue weighted by Gasteiger charge is -2.33. The zero-order valence-electron chi connectivity index (χ0n) is 9.16. The van der Waals surface area contributed by atoms with Crippen LogP contribution in [-0.2, 0) is 9.53 Å². The Hall–Kier alpha value is -0.830. The molecule has 1 saturated carbocycles. The van der Waals surface area contributed by atoms with Crippen LogP contribution in [0.15, 0.2) is 11.8 Å². The molecule has 1 aliphatic carbocycles. The molecule has 0 bridgehead atoms. The molecule has 2 aliphatic rings. The number of carbonyl (C=O) groups excluding carboxylic acids is 1. The van der Waals surface area contributed by atoms with E-state index in [2.05, 4.69) is 6.92 Å². The van der Waals surface area contributed by atoms with Crippen LogP contribution in [0.1, 0.15) is 39.0 Å². The average molecular weight is 210 g/mol. The second-order valence-corrected chi connectivity index (χ2v) is 4.75. The molecule has 0 aromatic carbocycles. The minimum absolute atomic E-state index is 0.202.